The molecule has 1 atom stereocenters. The summed E-state index contributed by atoms with van der Waals surface area (Å²) < 4.78 is 0. The van der Waals surface area contributed by atoms with E-state index in [1.165, 1.54) is 9.95 Å². The predicted molar refractivity (Wildman–Crippen MR) is 60.1 cm³/mol. The van der Waals surface area contributed by atoms with E-state index in [1.807, 2.05) is 11.8 Å². The monoisotopic (exact) mass is 193 g/mol. The summed E-state index contributed by atoms with van der Waals surface area (Å²) >= 11 is 1.86. The van der Waals surface area contributed by atoms with Gasteiger partial charge < -0.3 is 0 Å². The zero-order chi connectivity index (χ0) is 9.47. The Balaban J connectivity index is 2.22. The largest absolute Gasteiger partial charge is 0.273 e. The maximum atomic E-state index is 4.74. The third-order valence-corrected chi connectivity index (χ3v) is 3.77. The lowest BCUT2D eigenvalue weighted by molar-refractivity contribution is 0.597. The number of aliphatic imine (C=N–C) groups is 1. The standard InChI is InChI=1S/C11H15NS/c1-11(2,3)10-12-8-6-4-5-7-9(8)13-10/h4-5,7-8H,6H2,1-3H3. The van der Waals surface area contributed by atoms with Gasteiger partial charge >= 0.3 is 0 Å². The second-order valence-corrected chi connectivity index (χ2v) is 5.60. The molecule has 0 saturated heterocycles. The summed E-state index contributed by atoms with van der Waals surface area (Å²) in [5.41, 5.74) is 0.211. The molecule has 0 aromatic heterocycles. The topological polar surface area (TPSA) is 12.4 Å². The van der Waals surface area contributed by atoms with E-state index in [2.05, 4.69) is 39.0 Å². The second kappa shape index (κ2) is 3.02. The van der Waals surface area contributed by atoms with Crippen LogP contribution in [0.4, 0.5) is 0 Å². The van der Waals surface area contributed by atoms with Crippen LogP contribution in [-0.4, -0.2) is 11.1 Å². The quantitative estimate of drug-likeness (QED) is 0.574. The molecular weight excluding hydrogens is 178 g/mol. The fourth-order valence-corrected chi connectivity index (χ4v) is 2.58. The van der Waals surface area contributed by atoms with E-state index in [1.54, 1.807) is 0 Å². The van der Waals surface area contributed by atoms with Crippen molar-refractivity contribution in [3.05, 3.63) is 23.1 Å². The highest BCUT2D eigenvalue weighted by Crippen LogP contribution is 2.40. The Labute approximate surface area is 84.0 Å². The van der Waals surface area contributed by atoms with E-state index in [0.717, 1.165) is 6.42 Å². The molecule has 1 aliphatic carbocycles. The molecule has 1 heterocycles. The Bertz CT molecular complexity index is 305. The third-order valence-electron chi connectivity index (χ3n) is 2.21. The van der Waals surface area contributed by atoms with Gasteiger partial charge in [-0.2, -0.15) is 0 Å². The van der Waals surface area contributed by atoms with Gasteiger partial charge in [-0.05, 0) is 6.42 Å². The molecule has 13 heavy (non-hydrogen) atoms. The minimum Gasteiger partial charge on any atom is -0.273 e. The van der Waals surface area contributed by atoms with Crippen LogP contribution in [0.3, 0.4) is 0 Å². The van der Waals surface area contributed by atoms with E-state index in [-0.39, 0.29) is 5.41 Å². The van der Waals surface area contributed by atoms with Gasteiger partial charge in [0.2, 0.25) is 0 Å². The van der Waals surface area contributed by atoms with Crippen LogP contribution in [0.2, 0.25) is 0 Å². The number of fused-ring (bicyclic) bond motifs is 1. The molecule has 1 unspecified atom stereocenters. The van der Waals surface area contributed by atoms with Crippen molar-refractivity contribution >= 4 is 16.8 Å². The number of thioether (sulfide) groups is 1. The van der Waals surface area contributed by atoms with Crippen molar-refractivity contribution in [3.8, 4) is 0 Å². The summed E-state index contributed by atoms with van der Waals surface area (Å²) in [6, 6.07) is 0.434. The number of nitrogens with zero attached hydrogens (tertiary/aromatic N) is 1. The van der Waals surface area contributed by atoms with E-state index < -0.39 is 0 Å². The van der Waals surface area contributed by atoms with Crippen LogP contribution in [0.15, 0.2) is 28.1 Å². The minimum absolute atomic E-state index is 0.211. The molecule has 0 radical (unpaired) electrons. The Morgan fingerprint density at radius 3 is 2.85 bits per heavy atom. The summed E-state index contributed by atoms with van der Waals surface area (Å²) in [6.07, 6.45) is 7.61. The highest BCUT2D eigenvalue weighted by Gasteiger charge is 2.30. The van der Waals surface area contributed by atoms with Gasteiger partial charge in [-0.25, -0.2) is 0 Å². The Morgan fingerprint density at radius 1 is 1.46 bits per heavy atom. The molecule has 0 bridgehead atoms. The Hall–Kier alpha value is -0.500. The van der Waals surface area contributed by atoms with Crippen molar-refractivity contribution in [3.63, 3.8) is 0 Å². The Kier molecular flexibility index (Phi) is 2.11. The molecule has 70 valence electrons. The molecule has 2 rings (SSSR count). The van der Waals surface area contributed by atoms with E-state index in [9.17, 15) is 0 Å². The van der Waals surface area contributed by atoms with Gasteiger partial charge in [-0.15, -0.1) is 0 Å². The molecule has 2 heteroatoms. The van der Waals surface area contributed by atoms with Crippen LogP contribution in [-0.2, 0) is 0 Å². The van der Waals surface area contributed by atoms with Crippen LogP contribution in [0.1, 0.15) is 27.2 Å². The third kappa shape index (κ3) is 1.73. The van der Waals surface area contributed by atoms with Gasteiger partial charge in [0.1, 0.15) is 0 Å². The summed E-state index contributed by atoms with van der Waals surface area (Å²) in [7, 11) is 0. The van der Waals surface area contributed by atoms with E-state index in [4.69, 9.17) is 4.99 Å². The molecule has 2 aliphatic rings. The van der Waals surface area contributed by atoms with Crippen LogP contribution in [0.5, 0.6) is 0 Å². The van der Waals surface area contributed by atoms with Crippen molar-refractivity contribution in [1.82, 2.24) is 0 Å². The fraction of sp³-hybridized carbons (Fsp3) is 0.545. The van der Waals surface area contributed by atoms with Gasteiger partial charge in [0.15, 0.2) is 0 Å². The molecule has 0 saturated carbocycles. The van der Waals surface area contributed by atoms with Crippen LogP contribution in [0, 0.1) is 5.41 Å². The zero-order valence-corrected chi connectivity index (χ0v) is 9.19. The second-order valence-electron chi connectivity index (χ2n) is 4.54. The average Bonchev–Trinajstić information content (AvgIpc) is 2.45. The first-order valence-electron chi connectivity index (χ1n) is 4.70. The lowest BCUT2D eigenvalue weighted by Gasteiger charge is -2.16. The molecule has 0 fully saturated rings. The Morgan fingerprint density at radius 2 is 2.23 bits per heavy atom. The van der Waals surface area contributed by atoms with Crippen molar-refractivity contribution in [1.29, 1.82) is 0 Å². The van der Waals surface area contributed by atoms with Crippen LogP contribution in [0.25, 0.3) is 0 Å². The molecule has 1 aliphatic heterocycles. The summed E-state index contributed by atoms with van der Waals surface area (Å²) in [5.74, 6) is 0. The normalized spacial score (nSPS) is 26.8. The van der Waals surface area contributed by atoms with Crippen molar-refractivity contribution in [2.24, 2.45) is 10.4 Å². The predicted octanol–water partition coefficient (Wildman–Crippen LogP) is 3.39. The molecule has 0 N–H and O–H groups in total. The molecule has 0 amide bonds. The summed E-state index contributed by atoms with van der Waals surface area (Å²) in [6.45, 7) is 6.68. The van der Waals surface area contributed by atoms with Gasteiger partial charge in [-0.3, -0.25) is 4.99 Å². The first-order valence-corrected chi connectivity index (χ1v) is 5.52. The summed E-state index contributed by atoms with van der Waals surface area (Å²) in [5, 5.41) is 1.28. The van der Waals surface area contributed by atoms with Crippen LogP contribution < -0.4 is 0 Å². The number of hydrogen-bond donors (Lipinski definition) is 0. The number of hydrogen-bond acceptors (Lipinski definition) is 2. The van der Waals surface area contributed by atoms with Gasteiger partial charge in [0.25, 0.3) is 0 Å². The van der Waals surface area contributed by atoms with Crippen molar-refractivity contribution in [2.45, 2.75) is 33.2 Å². The average molecular weight is 193 g/mol. The smallest absolute Gasteiger partial charge is 0.0855 e. The lowest BCUT2D eigenvalue weighted by atomic mass is 9.98. The maximum absolute atomic E-state index is 4.74. The molecule has 0 aromatic carbocycles. The van der Waals surface area contributed by atoms with Gasteiger partial charge in [0.05, 0.1) is 11.1 Å². The van der Waals surface area contributed by atoms with E-state index in [0.29, 0.717) is 6.04 Å². The zero-order valence-electron chi connectivity index (χ0n) is 8.37. The number of allylic oxidation sites excluding steroid dienone is 2. The molecular formula is C11H15NS. The van der Waals surface area contributed by atoms with E-state index >= 15 is 0 Å². The van der Waals surface area contributed by atoms with Gasteiger partial charge in [0, 0.05) is 10.3 Å². The SMILES string of the molecule is CC(C)(C)C1=NC2CC=CC=C2S1. The summed E-state index contributed by atoms with van der Waals surface area (Å²) in [4.78, 5) is 6.16. The first-order chi connectivity index (χ1) is 6.07. The van der Waals surface area contributed by atoms with Gasteiger partial charge in [-0.1, -0.05) is 50.8 Å². The minimum atomic E-state index is 0.211. The van der Waals surface area contributed by atoms with Crippen LogP contribution >= 0.6 is 11.8 Å². The molecule has 1 nitrogen and oxygen atoms in total. The highest BCUT2D eigenvalue weighted by molar-refractivity contribution is 8.17. The van der Waals surface area contributed by atoms with Crippen molar-refractivity contribution in [2.75, 3.05) is 0 Å². The number of rotatable bonds is 0. The van der Waals surface area contributed by atoms with Crippen molar-refractivity contribution < 1.29 is 0 Å². The lowest BCUT2D eigenvalue weighted by Crippen LogP contribution is -2.14. The molecule has 0 spiro atoms. The molecule has 0 aromatic rings. The maximum Gasteiger partial charge on any atom is 0.0855 e. The first kappa shape index (κ1) is 9.07. The highest BCUT2D eigenvalue weighted by atomic mass is 32.2. The fourth-order valence-electron chi connectivity index (χ4n) is 1.44.